The molecule has 94 valence electrons. The Balaban J connectivity index is 2.46. The van der Waals surface area contributed by atoms with E-state index in [1.807, 2.05) is 7.05 Å². The van der Waals surface area contributed by atoms with Gasteiger partial charge < -0.3 is 11.1 Å². The van der Waals surface area contributed by atoms with Gasteiger partial charge in [-0.25, -0.2) is 0 Å². The predicted octanol–water partition coefficient (Wildman–Crippen LogP) is 0.714. The SMILES string of the molecule is CCC(CC)(CN)N(C)CC(=O)NC1CC1. The number of nitrogens with two attached hydrogens (primary N) is 1. The van der Waals surface area contributed by atoms with Crippen molar-refractivity contribution in [1.29, 1.82) is 0 Å². The summed E-state index contributed by atoms with van der Waals surface area (Å²) in [6.07, 6.45) is 4.23. The zero-order chi connectivity index (χ0) is 12.2. The molecule has 1 aliphatic carbocycles. The van der Waals surface area contributed by atoms with Crippen molar-refractivity contribution >= 4 is 5.91 Å². The molecule has 0 radical (unpaired) electrons. The van der Waals surface area contributed by atoms with E-state index in [-0.39, 0.29) is 11.4 Å². The Morgan fingerprint density at radius 1 is 1.44 bits per heavy atom. The molecule has 1 aliphatic rings. The standard InChI is InChI=1S/C12H25N3O/c1-4-12(5-2,9-13)15(3)8-11(16)14-10-6-7-10/h10H,4-9,13H2,1-3H3,(H,14,16). The first-order chi connectivity index (χ1) is 7.57. The number of rotatable bonds is 7. The highest BCUT2D eigenvalue weighted by atomic mass is 16.2. The third-order valence-corrected chi connectivity index (χ3v) is 3.83. The fraction of sp³-hybridized carbons (Fsp3) is 0.917. The molecular formula is C12H25N3O. The van der Waals surface area contributed by atoms with Crippen molar-refractivity contribution < 1.29 is 4.79 Å². The molecule has 0 aromatic carbocycles. The average molecular weight is 227 g/mol. The molecule has 0 saturated heterocycles. The normalized spacial score (nSPS) is 16.6. The molecule has 1 rings (SSSR count). The number of amides is 1. The molecule has 0 heterocycles. The molecular weight excluding hydrogens is 202 g/mol. The quantitative estimate of drug-likeness (QED) is 0.673. The summed E-state index contributed by atoms with van der Waals surface area (Å²) in [6.45, 7) is 5.32. The van der Waals surface area contributed by atoms with Gasteiger partial charge in [0.1, 0.15) is 0 Å². The second-order valence-electron chi connectivity index (χ2n) is 4.83. The van der Waals surface area contributed by atoms with Crippen LogP contribution in [0.25, 0.3) is 0 Å². The number of carbonyl (C=O) groups is 1. The van der Waals surface area contributed by atoms with Gasteiger partial charge >= 0.3 is 0 Å². The number of hydrogen-bond donors (Lipinski definition) is 2. The van der Waals surface area contributed by atoms with E-state index < -0.39 is 0 Å². The van der Waals surface area contributed by atoms with Gasteiger partial charge in [0.05, 0.1) is 6.54 Å². The molecule has 0 bridgehead atoms. The Kier molecular flexibility index (Phi) is 4.74. The van der Waals surface area contributed by atoms with Gasteiger partial charge in [-0.2, -0.15) is 0 Å². The Hall–Kier alpha value is -0.610. The van der Waals surface area contributed by atoms with E-state index in [1.54, 1.807) is 0 Å². The Morgan fingerprint density at radius 3 is 2.38 bits per heavy atom. The number of nitrogens with zero attached hydrogens (tertiary/aromatic N) is 1. The highest BCUT2D eigenvalue weighted by Crippen LogP contribution is 2.22. The maximum atomic E-state index is 11.7. The molecule has 0 unspecified atom stereocenters. The van der Waals surface area contributed by atoms with Gasteiger partial charge in [0.2, 0.25) is 5.91 Å². The van der Waals surface area contributed by atoms with Crippen molar-refractivity contribution in [2.24, 2.45) is 5.73 Å². The van der Waals surface area contributed by atoms with E-state index in [0.717, 1.165) is 25.7 Å². The summed E-state index contributed by atoms with van der Waals surface area (Å²) < 4.78 is 0. The molecule has 4 nitrogen and oxygen atoms in total. The first-order valence-electron chi connectivity index (χ1n) is 6.28. The number of hydrogen-bond acceptors (Lipinski definition) is 3. The monoisotopic (exact) mass is 227 g/mol. The topological polar surface area (TPSA) is 58.4 Å². The van der Waals surface area contributed by atoms with Crippen molar-refractivity contribution in [1.82, 2.24) is 10.2 Å². The summed E-state index contributed by atoms with van der Waals surface area (Å²) in [7, 11) is 1.99. The highest BCUT2D eigenvalue weighted by molar-refractivity contribution is 5.78. The number of carbonyl (C=O) groups excluding carboxylic acids is 1. The van der Waals surface area contributed by atoms with Crippen molar-refractivity contribution in [2.45, 2.75) is 51.1 Å². The van der Waals surface area contributed by atoms with Crippen LogP contribution in [0, 0.1) is 0 Å². The van der Waals surface area contributed by atoms with Gasteiger partial charge in [-0.3, -0.25) is 9.69 Å². The van der Waals surface area contributed by atoms with E-state index in [9.17, 15) is 4.79 Å². The molecule has 16 heavy (non-hydrogen) atoms. The second-order valence-corrected chi connectivity index (χ2v) is 4.83. The Labute approximate surface area is 98.6 Å². The van der Waals surface area contributed by atoms with Crippen LogP contribution >= 0.6 is 0 Å². The molecule has 1 saturated carbocycles. The molecule has 1 fully saturated rings. The lowest BCUT2D eigenvalue weighted by molar-refractivity contribution is -0.123. The van der Waals surface area contributed by atoms with Gasteiger partial charge in [-0.05, 0) is 32.7 Å². The largest absolute Gasteiger partial charge is 0.352 e. The summed E-state index contributed by atoms with van der Waals surface area (Å²) in [5.41, 5.74) is 5.82. The van der Waals surface area contributed by atoms with Gasteiger partial charge in [0.15, 0.2) is 0 Å². The Morgan fingerprint density at radius 2 is 2.00 bits per heavy atom. The molecule has 0 atom stereocenters. The first-order valence-corrected chi connectivity index (χ1v) is 6.28. The third kappa shape index (κ3) is 3.19. The van der Waals surface area contributed by atoms with Crippen LogP contribution in [0.5, 0.6) is 0 Å². The smallest absolute Gasteiger partial charge is 0.234 e. The van der Waals surface area contributed by atoms with E-state index in [4.69, 9.17) is 5.73 Å². The van der Waals surface area contributed by atoms with Crippen LogP contribution in [0.1, 0.15) is 39.5 Å². The zero-order valence-electron chi connectivity index (χ0n) is 10.8. The first kappa shape index (κ1) is 13.5. The van der Waals surface area contributed by atoms with Gasteiger partial charge in [-0.15, -0.1) is 0 Å². The molecule has 0 aliphatic heterocycles. The van der Waals surface area contributed by atoms with Crippen LogP contribution in [0.2, 0.25) is 0 Å². The predicted molar refractivity (Wildman–Crippen MR) is 66.2 cm³/mol. The summed E-state index contributed by atoms with van der Waals surface area (Å²) >= 11 is 0. The van der Waals surface area contributed by atoms with E-state index >= 15 is 0 Å². The van der Waals surface area contributed by atoms with E-state index in [2.05, 4.69) is 24.1 Å². The van der Waals surface area contributed by atoms with Crippen molar-refractivity contribution in [2.75, 3.05) is 20.1 Å². The van der Waals surface area contributed by atoms with Crippen LogP contribution in [0.3, 0.4) is 0 Å². The van der Waals surface area contributed by atoms with E-state index in [1.165, 1.54) is 0 Å². The minimum atomic E-state index is -0.0269. The number of likely N-dealkylation sites (N-methyl/N-ethyl adjacent to an activating group) is 1. The minimum absolute atomic E-state index is 0.0269. The highest BCUT2D eigenvalue weighted by Gasteiger charge is 2.31. The lowest BCUT2D eigenvalue weighted by Crippen LogP contribution is -2.54. The lowest BCUT2D eigenvalue weighted by Gasteiger charge is -2.39. The molecule has 0 spiro atoms. The summed E-state index contributed by atoms with van der Waals surface area (Å²) in [5, 5.41) is 3.01. The maximum Gasteiger partial charge on any atom is 0.234 e. The molecule has 4 heteroatoms. The summed E-state index contributed by atoms with van der Waals surface area (Å²) in [6, 6.07) is 0.441. The second kappa shape index (κ2) is 5.64. The van der Waals surface area contributed by atoms with Crippen LogP contribution in [0.15, 0.2) is 0 Å². The van der Waals surface area contributed by atoms with Crippen LogP contribution in [-0.4, -0.2) is 42.5 Å². The molecule has 3 N–H and O–H groups in total. The maximum absolute atomic E-state index is 11.7. The lowest BCUT2D eigenvalue weighted by atomic mass is 9.91. The van der Waals surface area contributed by atoms with E-state index in [0.29, 0.717) is 19.1 Å². The van der Waals surface area contributed by atoms with Crippen LogP contribution in [-0.2, 0) is 4.79 Å². The molecule has 0 aromatic rings. The van der Waals surface area contributed by atoms with Crippen molar-refractivity contribution in [3.8, 4) is 0 Å². The van der Waals surface area contributed by atoms with Gasteiger partial charge in [0, 0.05) is 18.1 Å². The summed E-state index contributed by atoms with van der Waals surface area (Å²) in [4.78, 5) is 13.8. The number of nitrogens with one attached hydrogen (secondary N) is 1. The van der Waals surface area contributed by atoms with Gasteiger partial charge in [0.25, 0.3) is 0 Å². The third-order valence-electron chi connectivity index (χ3n) is 3.83. The fourth-order valence-electron chi connectivity index (χ4n) is 2.12. The van der Waals surface area contributed by atoms with Crippen molar-refractivity contribution in [3.63, 3.8) is 0 Å². The van der Waals surface area contributed by atoms with Crippen LogP contribution < -0.4 is 11.1 Å². The minimum Gasteiger partial charge on any atom is -0.352 e. The molecule has 1 amide bonds. The average Bonchev–Trinajstić information content (AvgIpc) is 3.05. The van der Waals surface area contributed by atoms with Crippen molar-refractivity contribution in [3.05, 3.63) is 0 Å². The zero-order valence-corrected chi connectivity index (χ0v) is 10.8. The van der Waals surface area contributed by atoms with Crippen LogP contribution in [0.4, 0.5) is 0 Å². The van der Waals surface area contributed by atoms with Gasteiger partial charge in [-0.1, -0.05) is 13.8 Å². The molecule has 0 aromatic heterocycles. The Bertz CT molecular complexity index is 226. The fourth-order valence-corrected chi connectivity index (χ4v) is 2.12. The summed E-state index contributed by atoms with van der Waals surface area (Å²) in [5.74, 6) is 0.129.